The molecule has 0 aliphatic carbocycles. The predicted molar refractivity (Wildman–Crippen MR) is 119 cm³/mol. The first kappa shape index (κ1) is 17.9. The number of nitrogens with zero attached hydrogens (tertiary/aromatic N) is 4. The quantitative estimate of drug-likeness (QED) is 0.384. The Kier molecular flexibility index (Phi) is 4.80. The monoisotopic (exact) mass is 386 g/mol. The molecule has 30 heavy (non-hydrogen) atoms. The zero-order valence-electron chi connectivity index (χ0n) is 16.2. The van der Waals surface area contributed by atoms with Crippen molar-refractivity contribution in [2.24, 2.45) is 0 Å². The summed E-state index contributed by atoms with van der Waals surface area (Å²) in [7, 11) is 0. The fourth-order valence-electron chi connectivity index (χ4n) is 3.47. The summed E-state index contributed by atoms with van der Waals surface area (Å²) in [6.07, 6.45) is 10.3. The summed E-state index contributed by atoms with van der Waals surface area (Å²) < 4.78 is 0. The number of aromatic nitrogens is 4. The summed E-state index contributed by atoms with van der Waals surface area (Å²) in [5, 5.41) is 0. The maximum Gasteiger partial charge on any atom is 0.0885 e. The van der Waals surface area contributed by atoms with E-state index < -0.39 is 0 Å². The molecule has 142 valence electrons. The summed E-state index contributed by atoms with van der Waals surface area (Å²) in [4.78, 5) is 17.4. The Labute approximate surface area is 175 Å². The van der Waals surface area contributed by atoms with Crippen molar-refractivity contribution in [2.45, 2.75) is 0 Å². The van der Waals surface area contributed by atoms with Gasteiger partial charge in [0.05, 0.1) is 23.8 Å². The standard InChI is InChI=1S/C26H18N4/c1-2-4-19(5-3-1)20-6-8-21(9-7-20)22-14-23(25-17-27-10-12-29-25)16-24(15-22)26-18-28-11-13-30-26/h1-18H. The highest BCUT2D eigenvalue weighted by Gasteiger charge is 2.09. The Balaban J connectivity index is 1.60. The molecule has 2 aromatic heterocycles. The van der Waals surface area contributed by atoms with Gasteiger partial charge in [-0.25, -0.2) is 0 Å². The van der Waals surface area contributed by atoms with E-state index >= 15 is 0 Å². The average Bonchev–Trinajstić information content (AvgIpc) is 2.85. The van der Waals surface area contributed by atoms with Crippen molar-refractivity contribution in [1.82, 2.24) is 19.9 Å². The Morgan fingerprint density at radius 1 is 0.400 bits per heavy atom. The number of benzene rings is 3. The van der Waals surface area contributed by atoms with E-state index in [0.717, 1.165) is 33.6 Å². The van der Waals surface area contributed by atoms with Crippen LogP contribution in [0.15, 0.2) is 110 Å². The lowest BCUT2D eigenvalue weighted by atomic mass is 9.95. The van der Waals surface area contributed by atoms with Crippen LogP contribution in [0.25, 0.3) is 44.8 Å². The SMILES string of the molecule is c1ccc(-c2ccc(-c3cc(-c4cnccn4)cc(-c4cnccn4)c3)cc2)cc1. The topological polar surface area (TPSA) is 51.6 Å². The molecule has 0 radical (unpaired) electrons. The van der Waals surface area contributed by atoms with Crippen molar-refractivity contribution in [3.63, 3.8) is 0 Å². The highest BCUT2D eigenvalue weighted by Crippen LogP contribution is 2.32. The summed E-state index contributed by atoms with van der Waals surface area (Å²) in [5.41, 5.74) is 8.26. The summed E-state index contributed by atoms with van der Waals surface area (Å²) in [5.74, 6) is 0. The summed E-state index contributed by atoms with van der Waals surface area (Å²) in [6.45, 7) is 0. The normalized spacial score (nSPS) is 10.7. The van der Waals surface area contributed by atoms with E-state index in [-0.39, 0.29) is 0 Å². The van der Waals surface area contributed by atoms with Crippen molar-refractivity contribution >= 4 is 0 Å². The molecule has 0 atom stereocenters. The van der Waals surface area contributed by atoms with E-state index in [4.69, 9.17) is 0 Å². The smallest absolute Gasteiger partial charge is 0.0885 e. The Hall–Kier alpha value is -4.18. The van der Waals surface area contributed by atoms with Gasteiger partial charge in [-0.1, -0.05) is 54.6 Å². The molecule has 0 aliphatic heterocycles. The number of rotatable bonds is 4. The molecule has 5 rings (SSSR count). The number of hydrogen-bond acceptors (Lipinski definition) is 4. The van der Waals surface area contributed by atoms with Crippen molar-refractivity contribution in [1.29, 1.82) is 0 Å². The second-order valence-corrected chi connectivity index (χ2v) is 6.92. The van der Waals surface area contributed by atoms with Gasteiger partial charge in [-0.2, -0.15) is 0 Å². The predicted octanol–water partition coefficient (Wildman–Crippen LogP) is 5.93. The van der Waals surface area contributed by atoms with Crippen LogP contribution in [0.3, 0.4) is 0 Å². The molecule has 2 heterocycles. The van der Waals surface area contributed by atoms with Gasteiger partial charge in [-0.05, 0) is 40.5 Å². The lowest BCUT2D eigenvalue weighted by Crippen LogP contribution is -1.90. The highest BCUT2D eigenvalue weighted by molar-refractivity contribution is 5.79. The first-order chi connectivity index (χ1) is 14.9. The van der Waals surface area contributed by atoms with Crippen LogP contribution < -0.4 is 0 Å². The molecular formula is C26H18N4. The second-order valence-electron chi connectivity index (χ2n) is 6.92. The van der Waals surface area contributed by atoms with Crippen LogP contribution in [0.5, 0.6) is 0 Å². The van der Waals surface area contributed by atoms with Gasteiger partial charge in [0.15, 0.2) is 0 Å². The van der Waals surface area contributed by atoms with E-state index in [2.05, 4.69) is 86.7 Å². The summed E-state index contributed by atoms with van der Waals surface area (Å²) in [6, 6.07) is 25.4. The van der Waals surface area contributed by atoms with Crippen molar-refractivity contribution < 1.29 is 0 Å². The average molecular weight is 386 g/mol. The van der Waals surface area contributed by atoms with Crippen molar-refractivity contribution in [3.05, 3.63) is 110 Å². The Morgan fingerprint density at radius 2 is 0.867 bits per heavy atom. The third kappa shape index (κ3) is 3.71. The molecule has 0 saturated heterocycles. The molecule has 5 aromatic rings. The lowest BCUT2D eigenvalue weighted by molar-refractivity contribution is 1.20. The van der Waals surface area contributed by atoms with Crippen LogP contribution in [0.1, 0.15) is 0 Å². The third-order valence-electron chi connectivity index (χ3n) is 4.98. The first-order valence-electron chi connectivity index (χ1n) is 9.70. The van der Waals surface area contributed by atoms with Gasteiger partial charge in [0.2, 0.25) is 0 Å². The van der Waals surface area contributed by atoms with Crippen LogP contribution in [0.4, 0.5) is 0 Å². The fraction of sp³-hybridized carbons (Fsp3) is 0. The van der Waals surface area contributed by atoms with Gasteiger partial charge in [0.25, 0.3) is 0 Å². The molecule has 4 nitrogen and oxygen atoms in total. The van der Waals surface area contributed by atoms with Crippen LogP contribution >= 0.6 is 0 Å². The second kappa shape index (κ2) is 8.05. The largest absolute Gasteiger partial charge is 0.261 e. The maximum atomic E-state index is 4.47. The van der Waals surface area contributed by atoms with E-state index in [1.807, 2.05) is 6.07 Å². The fourth-order valence-corrected chi connectivity index (χ4v) is 3.47. The minimum Gasteiger partial charge on any atom is -0.261 e. The molecular weight excluding hydrogens is 368 g/mol. The first-order valence-corrected chi connectivity index (χ1v) is 9.70. The molecule has 0 aliphatic rings. The molecule has 4 heteroatoms. The molecule has 0 fully saturated rings. The van der Waals surface area contributed by atoms with Crippen LogP contribution in [-0.2, 0) is 0 Å². The maximum absolute atomic E-state index is 4.47. The van der Waals surface area contributed by atoms with Gasteiger partial charge in [-0.3, -0.25) is 19.9 Å². The van der Waals surface area contributed by atoms with Gasteiger partial charge in [-0.15, -0.1) is 0 Å². The van der Waals surface area contributed by atoms with Gasteiger partial charge >= 0.3 is 0 Å². The molecule has 0 N–H and O–H groups in total. The van der Waals surface area contributed by atoms with Crippen LogP contribution in [0, 0.1) is 0 Å². The van der Waals surface area contributed by atoms with Crippen LogP contribution in [-0.4, -0.2) is 19.9 Å². The molecule has 0 spiro atoms. The minimum absolute atomic E-state index is 0.824. The van der Waals surface area contributed by atoms with E-state index in [1.165, 1.54) is 11.1 Å². The zero-order chi connectivity index (χ0) is 20.2. The molecule has 0 saturated carbocycles. The molecule has 0 bridgehead atoms. The van der Waals surface area contributed by atoms with E-state index in [1.54, 1.807) is 37.2 Å². The highest BCUT2D eigenvalue weighted by atomic mass is 14.8. The van der Waals surface area contributed by atoms with Crippen LogP contribution in [0.2, 0.25) is 0 Å². The van der Waals surface area contributed by atoms with Crippen molar-refractivity contribution in [3.8, 4) is 44.8 Å². The zero-order valence-corrected chi connectivity index (χ0v) is 16.2. The van der Waals surface area contributed by atoms with E-state index in [0.29, 0.717) is 0 Å². The Morgan fingerprint density at radius 3 is 1.37 bits per heavy atom. The Bertz CT molecular complexity index is 1200. The molecule has 3 aromatic carbocycles. The number of hydrogen-bond donors (Lipinski definition) is 0. The lowest BCUT2D eigenvalue weighted by Gasteiger charge is -2.10. The van der Waals surface area contributed by atoms with Gasteiger partial charge in [0, 0.05) is 35.9 Å². The third-order valence-corrected chi connectivity index (χ3v) is 4.98. The van der Waals surface area contributed by atoms with Gasteiger partial charge < -0.3 is 0 Å². The van der Waals surface area contributed by atoms with E-state index in [9.17, 15) is 0 Å². The minimum atomic E-state index is 0.824. The molecule has 0 unspecified atom stereocenters. The van der Waals surface area contributed by atoms with Crippen molar-refractivity contribution in [2.75, 3.05) is 0 Å². The summed E-state index contributed by atoms with van der Waals surface area (Å²) >= 11 is 0. The molecule has 0 amide bonds. The van der Waals surface area contributed by atoms with Gasteiger partial charge in [0.1, 0.15) is 0 Å².